The number of nitrogens with one attached hydrogen (secondary N) is 2. The Hall–Kier alpha value is -2.08. The third-order valence-corrected chi connectivity index (χ3v) is 3.43. The molecule has 0 bridgehead atoms. The van der Waals surface area contributed by atoms with E-state index < -0.39 is 5.60 Å². The van der Waals surface area contributed by atoms with Crippen LogP contribution in [0, 0.1) is 0 Å². The Bertz CT molecular complexity index is 648. The van der Waals surface area contributed by atoms with Gasteiger partial charge in [-0.05, 0) is 26.7 Å². The highest BCUT2D eigenvalue weighted by Gasteiger charge is 2.16. The molecule has 0 spiro atoms. The van der Waals surface area contributed by atoms with Gasteiger partial charge in [0, 0.05) is 31.0 Å². The first-order valence-electron chi connectivity index (χ1n) is 7.23. The zero-order chi connectivity index (χ0) is 14.9. The van der Waals surface area contributed by atoms with Crippen molar-refractivity contribution in [2.45, 2.75) is 38.3 Å². The van der Waals surface area contributed by atoms with Crippen molar-refractivity contribution in [1.82, 2.24) is 14.6 Å². The zero-order valence-electron chi connectivity index (χ0n) is 12.4. The molecule has 2 aromatic heterocycles. The molecule has 0 radical (unpaired) electrons. The van der Waals surface area contributed by atoms with Crippen molar-refractivity contribution in [3.05, 3.63) is 30.6 Å². The predicted molar refractivity (Wildman–Crippen MR) is 83.6 cm³/mol. The highest BCUT2D eigenvalue weighted by molar-refractivity contribution is 5.70. The molecule has 0 amide bonds. The molecule has 21 heavy (non-hydrogen) atoms. The molecule has 0 atom stereocenters. The average Bonchev–Trinajstić information content (AvgIpc) is 3.05. The smallest absolute Gasteiger partial charge is 0.177 e. The summed E-state index contributed by atoms with van der Waals surface area (Å²) >= 11 is 0. The number of fused-ring (bicyclic) bond motifs is 1. The van der Waals surface area contributed by atoms with Crippen LogP contribution in [0.25, 0.3) is 5.65 Å². The summed E-state index contributed by atoms with van der Waals surface area (Å²) in [4.78, 5) is 4.31. The summed E-state index contributed by atoms with van der Waals surface area (Å²) in [5, 5.41) is 21.1. The van der Waals surface area contributed by atoms with E-state index in [4.69, 9.17) is 0 Å². The zero-order valence-corrected chi connectivity index (χ0v) is 12.4. The molecule has 2 aromatic rings. The van der Waals surface area contributed by atoms with E-state index in [9.17, 15) is 5.11 Å². The molecule has 112 valence electrons. The second-order valence-electron chi connectivity index (χ2n) is 6.09. The van der Waals surface area contributed by atoms with Crippen molar-refractivity contribution in [1.29, 1.82) is 0 Å². The lowest BCUT2D eigenvalue weighted by atomic mass is 10.1. The summed E-state index contributed by atoms with van der Waals surface area (Å²) in [6.07, 6.45) is 9.95. The maximum atomic E-state index is 9.87. The monoisotopic (exact) mass is 287 g/mol. The van der Waals surface area contributed by atoms with Crippen LogP contribution in [0.2, 0.25) is 0 Å². The van der Waals surface area contributed by atoms with Crippen LogP contribution >= 0.6 is 0 Å². The Morgan fingerprint density at radius 2 is 2.14 bits per heavy atom. The fourth-order valence-electron chi connectivity index (χ4n) is 2.37. The van der Waals surface area contributed by atoms with Crippen molar-refractivity contribution in [3.8, 4) is 0 Å². The third-order valence-electron chi connectivity index (χ3n) is 3.43. The Labute approximate surface area is 123 Å². The largest absolute Gasteiger partial charge is 0.389 e. The van der Waals surface area contributed by atoms with E-state index in [1.165, 1.54) is 0 Å². The number of rotatable bonds is 5. The van der Waals surface area contributed by atoms with Crippen LogP contribution in [0.3, 0.4) is 0 Å². The molecule has 2 heterocycles. The summed E-state index contributed by atoms with van der Waals surface area (Å²) in [7, 11) is 0. The second kappa shape index (κ2) is 5.37. The number of aliphatic hydroxyl groups is 1. The normalized spacial score (nSPS) is 15.8. The van der Waals surface area contributed by atoms with Gasteiger partial charge in [-0.3, -0.25) is 0 Å². The van der Waals surface area contributed by atoms with Gasteiger partial charge in [-0.2, -0.15) is 0 Å². The van der Waals surface area contributed by atoms with E-state index in [1.54, 1.807) is 24.6 Å². The lowest BCUT2D eigenvalue weighted by Crippen LogP contribution is -2.29. The number of aromatic nitrogens is 3. The fourth-order valence-corrected chi connectivity index (χ4v) is 2.37. The SMILES string of the molecule is CC(C)(O)CNc1cc(NC2CC=CC2)nn2ccnc12. The van der Waals surface area contributed by atoms with Gasteiger partial charge in [0.25, 0.3) is 0 Å². The van der Waals surface area contributed by atoms with Gasteiger partial charge >= 0.3 is 0 Å². The average molecular weight is 287 g/mol. The molecular formula is C15H21N5O. The van der Waals surface area contributed by atoms with E-state index in [-0.39, 0.29) is 0 Å². The summed E-state index contributed by atoms with van der Waals surface area (Å²) in [5.74, 6) is 0.812. The minimum atomic E-state index is -0.782. The molecule has 0 saturated carbocycles. The summed E-state index contributed by atoms with van der Waals surface area (Å²) in [6.45, 7) is 3.99. The van der Waals surface area contributed by atoms with Crippen LogP contribution < -0.4 is 10.6 Å². The summed E-state index contributed by atoms with van der Waals surface area (Å²) in [6, 6.07) is 2.35. The van der Waals surface area contributed by atoms with Gasteiger partial charge in [0.1, 0.15) is 5.82 Å². The number of hydrogen-bond acceptors (Lipinski definition) is 5. The molecule has 0 unspecified atom stereocenters. The molecule has 0 aromatic carbocycles. The van der Waals surface area contributed by atoms with E-state index in [1.807, 2.05) is 12.3 Å². The van der Waals surface area contributed by atoms with Gasteiger partial charge < -0.3 is 15.7 Å². The quantitative estimate of drug-likeness (QED) is 0.734. The number of hydrogen-bond donors (Lipinski definition) is 3. The van der Waals surface area contributed by atoms with Crippen molar-refractivity contribution < 1.29 is 5.11 Å². The summed E-state index contributed by atoms with van der Waals surface area (Å²) < 4.78 is 1.75. The standard InChI is InChI=1S/C15H21N5O/c1-15(2,21)10-17-12-9-13(18-11-5-3-4-6-11)19-20-8-7-16-14(12)20/h3-4,7-9,11,17,21H,5-6,10H2,1-2H3,(H,18,19). The molecule has 6 heteroatoms. The first-order chi connectivity index (χ1) is 10.0. The van der Waals surface area contributed by atoms with Gasteiger partial charge in [-0.1, -0.05) is 12.2 Å². The van der Waals surface area contributed by atoms with Gasteiger partial charge in [0.05, 0.1) is 11.3 Å². The van der Waals surface area contributed by atoms with E-state index >= 15 is 0 Å². The van der Waals surface area contributed by atoms with Crippen molar-refractivity contribution >= 4 is 17.2 Å². The van der Waals surface area contributed by atoms with Gasteiger partial charge in [0.15, 0.2) is 5.65 Å². The highest BCUT2D eigenvalue weighted by atomic mass is 16.3. The van der Waals surface area contributed by atoms with E-state index in [2.05, 4.69) is 32.9 Å². The molecule has 1 aliphatic rings. The van der Waals surface area contributed by atoms with E-state index in [0.717, 1.165) is 30.0 Å². The Morgan fingerprint density at radius 3 is 2.86 bits per heavy atom. The van der Waals surface area contributed by atoms with Crippen molar-refractivity contribution in [3.63, 3.8) is 0 Å². The third kappa shape index (κ3) is 3.33. The minimum absolute atomic E-state index is 0.403. The number of nitrogens with zero attached hydrogens (tertiary/aromatic N) is 3. The molecule has 0 aliphatic heterocycles. The Balaban J connectivity index is 1.84. The highest BCUT2D eigenvalue weighted by Crippen LogP contribution is 2.22. The topological polar surface area (TPSA) is 74.5 Å². The second-order valence-corrected chi connectivity index (χ2v) is 6.09. The maximum absolute atomic E-state index is 9.87. The van der Waals surface area contributed by atoms with Gasteiger partial charge in [0.2, 0.25) is 0 Å². The van der Waals surface area contributed by atoms with Gasteiger partial charge in [-0.15, -0.1) is 5.10 Å². The molecular weight excluding hydrogens is 266 g/mol. The van der Waals surface area contributed by atoms with Crippen LogP contribution in [0.1, 0.15) is 26.7 Å². The van der Waals surface area contributed by atoms with Crippen LogP contribution in [-0.2, 0) is 0 Å². The van der Waals surface area contributed by atoms with Crippen LogP contribution in [0.4, 0.5) is 11.5 Å². The predicted octanol–water partition coefficient (Wildman–Crippen LogP) is 2.04. The molecule has 3 rings (SSSR count). The number of imidazole rings is 1. The fraction of sp³-hybridized carbons (Fsp3) is 0.467. The van der Waals surface area contributed by atoms with Crippen molar-refractivity contribution in [2.75, 3.05) is 17.2 Å². The molecule has 3 N–H and O–H groups in total. The van der Waals surface area contributed by atoms with Crippen LogP contribution in [0.5, 0.6) is 0 Å². The Morgan fingerprint density at radius 1 is 1.38 bits per heavy atom. The first-order valence-corrected chi connectivity index (χ1v) is 7.23. The van der Waals surface area contributed by atoms with Crippen LogP contribution in [-0.4, -0.2) is 37.9 Å². The lowest BCUT2D eigenvalue weighted by molar-refractivity contribution is 0.0945. The minimum Gasteiger partial charge on any atom is -0.389 e. The molecule has 1 aliphatic carbocycles. The van der Waals surface area contributed by atoms with Gasteiger partial charge in [-0.25, -0.2) is 9.50 Å². The van der Waals surface area contributed by atoms with E-state index in [0.29, 0.717) is 12.6 Å². The van der Waals surface area contributed by atoms with Crippen LogP contribution in [0.15, 0.2) is 30.6 Å². The Kier molecular flexibility index (Phi) is 3.55. The number of anilines is 2. The lowest BCUT2D eigenvalue weighted by Gasteiger charge is -2.20. The molecule has 0 fully saturated rings. The maximum Gasteiger partial charge on any atom is 0.177 e. The molecule has 6 nitrogen and oxygen atoms in total. The van der Waals surface area contributed by atoms with Crippen molar-refractivity contribution in [2.24, 2.45) is 0 Å². The summed E-state index contributed by atoms with van der Waals surface area (Å²) in [5.41, 5.74) is 0.843. The molecule has 0 saturated heterocycles. The first kappa shape index (κ1) is 13.9.